The third-order valence-electron chi connectivity index (χ3n) is 1.81. The molecule has 0 aliphatic rings. The molecule has 0 unspecified atom stereocenters. The first kappa shape index (κ1) is 8.65. The second-order valence-corrected chi connectivity index (χ2v) is 2.90. The second-order valence-electron chi connectivity index (χ2n) is 2.90. The van der Waals surface area contributed by atoms with Gasteiger partial charge in [0.25, 0.3) is 0 Å². The molecule has 0 saturated carbocycles. The van der Waals surface area contributed by atoms with Crippen molar-refractivity contribution in [3.05, 3.63) is 35.4 Å². The molecule has 0 aliphatic heterocycles. The molecule has 0 bridgehead atoms. The molecule has 2 N–H and O–H groups in total. The van der Waals surface area contributed by atoms with E-state index in [1.54, 1.807) is 12.1 Å². The van der Waals surface area contributed by atoms with Crippen LogP contribution >= 0.6 is 0 Å². The van der Waals surface area contributed by atoms with E-state index < -0.39 is 0 Å². The maximum atomic E-state index is 9.20. The van der Waals surface area contributed by atoms with Crippen molar-refractivity contribution in [3.8, 4) is 5.75 Å². The Balaban J connectivity index is 3.38. The SMILES string of the molecule is C=C(O)c1c(C)cc(O)cc1C. The minimum Gasteiger partial charge on any atom is -0.508 e. The molecule has 0 aliphatic carbocycles. The summed E-state index contributed by atoms with van der Waals surface area (Å²) >= 11 is 0. The van der Waals surface area contributed by atoms with Gasteiger partial charge < -0.3 is 10.2 Å². The van der Waals surface area contributed by atoms with Crippen LogP contribution in [0.5, 0.6) is 5.75 Å². The fraction of sp³-hybridized carbons (Fsp3) is 0.200. The number of aryl methyl sites for hydroxylation is 2. The van der Waals surface area contributed by atoms with Crippen molar-refractivity contribution in [2.24, 2.45) is 0 Å². The van der Waals surface area contributed by atoms with Crippen molar-refractivity contribution in [2.75, 3.05) is 0 Å². The van der Waals surface area contributed by atoms with Gasteiger partial charge in [-0.2, -0.15) is 0 Å². The molecule has 1 aromatic rings. The molecule has 1 rings (SSSR count). The van der Waals surface area contributed by atoms with Crippen LogP contribution in [0, 0.1) is 13.8 Å². The number of phenols is 1. The number of aliphatic hydroxyl groups excluding tert-OH is 1. The van der Waals surface area contributed by atoms with Crippen LogP contribution in [0.25, 0.3) is 5.76 Å². The second kappa shape index (κ2) is 2.89. The zero-order valence-electron chi connectivity index (χ0n) is 7.26. The molecule has 64 valence electrons. The van der Waals surface area contributed by atoms with Gasteiger partial charge in [-0.05, 0) is 37.1 Å². The lowest BCUT2D eigenvalue weighted by Gasteiger charge is -2.08. The smallest absolute Gasteiger partial charge is 0.116 e. The van der Waals surface area contributed by atoms with Gasteiger partial charge in [-0.3, -0.25) is 0 Å². The van der Waals surface area contributed by atoms with Gasteiger partial charge in [0, 0.05) is 5.56 Å². The van der Waals surface area contributed by atoms with Gasteiger partial charge in [0.15, 0.2) is 0 Å². The highest BCUT2D eigenvalue weighted by Crippen LogP contribution is 2.24. The molecular weight excluding hydrogens is 152 g/mol. The Morgan fingerprint density at radius 1 is 1.25 bits per heavy atom. The molecule has 0 fully saturated rings. The summed E-state index contributed by atoms with van der Waals surface area (Å²) in [7, 11) is 0. The molecule has 0 heterocycles. The molecule has 0 atom stereocenters. The Morgan fingerprint density at radius 2 is 1.67 bits per heavy atom. The zero-order chi connectivity index (χ0) is 9.30. The predicted molar refractivity (Wildman–Crippen MR) is 49.2 cm³/mol. The normalized spacial score (nSPS) is 9.83. The van der Waals surface area contributed by atoms with E-state index >= 15 is 0 Å². The van der Waals surface area contributed by atoms with Gasteiger partial charge in [-0.1, -0.05) is 6.58 Å². The summed E-state index contributed by atoms with van der Waals surface area (Å²) < 4.78 is 0. The predicted octanol–water partition coefficient (Wildman–Crippen LogP) is 2.54. The Bertz CT molecular complexity index is 304. The molecule has 0 radical (unpaired) electrons. The van der Waals surface area contributed by atoms with Crippen LogP contribution in [0.3, 0.4) is 0 Å². The standard InChI is InChI=1S/C10H12O2/c1-6-4-9(12)5-7(2)10(6)8(3)11/h4-5,11-12H,3H2,1-2H3. The van der Waals surface area contributed by atoms with Crippen molar-refractivity contribution in [1.82, 2.24) is 0 Å². The number of benzene rings is 1. The summed E-state index contributed by atoms with van der Waals surface area (Å²) in [5.74, 6) is 0.264. The average molecular weight is 164 g/mol. The van der Waals surface area contributed by atoms with Crippen LogP contribution in [0.2, 0.25) is 0 Å². The van der Waals surface area contributed by atoms with Crippen LogP contribution in [0.1, 0.15) is 16.7 Å². The van der Waals surface area contributed by atoms with Crippen molar-refractivity contribution < 1.29 is 10.2 Å². The average Bonchev–Trinajstić information content (AvgIpc) is 1.82. The monoisotopic (exact) mass is 164 g/mol. The van der Waals surface area contributed by atoms with E-state index in [4.69, 9.17) is 0 Å². The summed E-state index contributed by atoms with van der Waals surface area (Å²) in [6.45, 7) is 7.10. The Labute approximate surface area is 71.8 Å². The summed E-state index contributed by atoms with van der Waals surface area (Å²) in [5.41, 5.74) is 2.38. The number of rotatable bonds is 1. The van der Waals surface area contributed by atoms with Crippen molar-refractivity contribution in [2.45, 2.75) is 13.8 Å². The highest BCUT2D eigenvalue weighted by atomic mass is 16.3. The van der Waals surface area contributed by atoms with Gasteiger partial charge in [0.1, 0.15) is 11.5 Å². The van der Waals surface area contributed by atoms with Crippen molar-refractivity contribution >= 4 is 5.76 Å². The largest absolute Gasteiger partial charge is 0.508 e. The number of aromatic hydroxyl groups is 1. The van der Waals surface area contributed by atoms with Crippen molar-refractivity contribution in [3.63, 3.8) is 0 Å². The number of hydrogen-bond donors (Lipinski definition) is 2. The minimum atomic E-state index is 0.0463. The summed E-state index contributed by atoms with van der Waals surface area (Å²) in [5, 5.41) is 18.4. The maximum absolute atomic E-state index is 9.20. The van der Waals surface area contributed by atoms with Gasteiger partial charge in [0.05, 0.1) is 0 Å². The molecule has 0 saturated heterocycles. The topological polar surface area (TPSA) is 40.5 Å². The van der Waals surface area contributed by atoms with E-state index in [2.05, 4.69) is 6.58 Å². The summed E-state index contributed by atoms with van der Waals surface area (Å²) in [6.07, 6.45) is 0. The molecule has 2 nitrogen and oxygen atoms in total. The third-order valence-corrected chi connectivity index (χ3v) is 1.81. The fourth-order valence-corrected chi connectivity index (χ4v) is 1.40. The van der Waals surface area contributed by atoms with Gasteiger partial charge in [0.2, 0.25) is 0 Å². The third kappa shape index (κ3) is 1.42. The number of aliphatic hydroxyl groups is 1. The molecule has 1 aromatic carbocycles. The molecule has 12 heavy (non-hydrogen) atoms. The summed E-state index contributed by atoms with van der Waals surface area (Å²) in [4.78, 5) is 0. The first-order valence-electron chi connectivity index (χ1n) is 3.71. The van der Waals surface area contributed by atoms with E-state index in [9.17, 15) is 10.2 Å². The van der Waals surface area contributed by atoms with Crippen LogP contribution in [-0.4, -0.2) is 10.2 Å². The highest BCUT2D eigenvalue weighted by molar-refractivity contribution is 5.64. The van der Waals surface area contributed by atoms with E-state index in [1.165, 1.54) is 0 Å². The van der Waals surface area contributed by atoms with Crippen molar-refractivity contribution in [1.29, 1.82) is 0 Å². The molecular formula is C10H12O2. The number of hydrogen-bond acceptors (Lipinski definition) is 2. The van der Waals surface area contributed by atoms with E-state index in [-0.39, 0.29) is 11.5 Å². The van der Waals surface area contributed by atoms with Crippen LogP contribution in [-0.2, 0) is 0 Å². The first-order chi connectivity index (χ1) is 5.52. The van der Waals surface area contributed by atoms with Gasteiger partial charge >= 0.3 is 0 Å². The Morgan fingerprint density at radius 3 is 2.00 bits per heavy atom. The fourth-order valence-electron chi connectivity index (χ4n) is 1.40. The lowest BCUT2D eigenvalue weighted by molar-refractivity contribution is 0.473. The maximum Gasteiger partial charge on any atom is 0.116 e. The lowest BCUT2D eigenvalue weighted by atomic mass is 10.0. The van der Waals surface area contributed by atoms with Crippen LogP contribution in [0.4, 0.5) is 0 Å². The van der Waals surface area contributed by atoms with E-state index in [0.29, 0.717) is 5.56 Å². The molecule has 2 heteroatoms. The van der Waals surface area contributed by atoms with Gasteiger partial charge in [-0.15, -0.1) is 0 Å². The Hall–Kier alpha value is -1.44. The lowest BCUT2D eigenvalue weighted by Crippen LogP contribution is -1.91. The van der Waals surface area contributed by atoms with Gasteiger partial charge in [-0.25, -0.2) is 0 Å². The first-order valence-corrected chi connectivity index (χ1v) is 3.71. The van der Waals surface area contributed by atoms with Crippen LogP contribution < -0.4 is 0 Å². The number of phenolic OH excluding ortho intramolecular Hbond substituents is 1. The highest BCUT2D eigenvalue weighted by Gasteiger charge is 2.06. The zero-order valence-corrected chi connectivity index (χ0v) is 7.26. The molecule has 0 spiro atoms. The van der Waals surface area contributed by atoms with E-state index in [1.807, 2.05) is 13.8 Å². The minimum absolute atomic E-state index is 0.0463. The van der Waals surface area contributed by atoms with E-state index in [0.717, 1.165) is 11.1 Å². The Kier molecular flexibility index (Phi) is 2.09. The quantitative estimate of drug-likeness (QED) is 0.626. The van der Waals surface area contributed by atoms with Crippen LogP contribution in [0.15, 0.2) is 18.7 Å². The molecule has 0 amide bonds. The molecule has 0 aromatic heterocycles. The summed E-state index contributed by atoms with van der Waals surface area (Å²) in [6, 6.07) is 3.20.